The van der Waals surface area contributed by atoms with Crippen LogP contribution in [0.25, 0.3) is 0 Å². The van der Waals surface area contributed by atoms with Crippen molar-refractivity contribution in [2.24, 2.45) is 5.92 Å². The van der Waals surface area contributed by atoms with Crippen LogP contribution in [0.3, 0.4) is 0 Å². The fourth-order valence-electron chi connectivity index (χ4n) is 0.986. The Morgan fingerprint density at radius 3 is 2.25 bits per heavy atom. The second-order valence-corrected chi connectivity index (χ2v) is 9.29. The van der Waals surface area contributed by atoms with E-state index in [1.165, 1.54) is 25.4 Å². The first-order chi connectivity index (χ1) is 5.52. The van der Waals surface area contributed by atoms with Gasteiger partial charge in [-0.15, -0.1) is 0 Å². The second kappa shape index (κ2) is 5.76. The third-order valence-electron chi connectivity index (χ3n) is 2.82. The number of rotatable bonds is 6. The molecule has 0 rings (SSSR count). The Morgan fingerprint density at radius 2 is 1.83 bits per heavy atom. The van der Waals surface area contributed by atoms with Crippen molar-refractivity contribution < 1.29 is 0 Å². The van der Waals surface area contributed by atoms with Crippen LogP contribution >= 0.6 is 0 Å². The quantitative estimate of drug-likeness (QED) is 0.630. The van der Waals surface area contributed by atoms with E-state index in [1.807, 2.05) is 0 Å². The highest BCUT2D eigenvalue weighted by molar-refractivity contribution is 6.74. The zero-order valence-electron chi connectivity index (χ0n) is 9.41. The molecule has 0 aromatic heterocycles. The molecule has 0 radical (unpaired) electrons. The molecule has 2 heteroatoms. The maximum Gasteiger partial charge on any atom is 0.119 e. The van der Waals surface area contributed by atoms with Gasteiger partial charge in [-0.25, -0.2) is 0 Å². The first kappa shape index (κ1) is 12.2. The molecule has 0 heterocycles. The summed E-state index contributed by atoms with van der Waals surface area (Å²) in [6, 6.07) is 1.34. The third-order valence-corrected chi connectivity index (χ3v) is 5.80. The van der Waals surface area contributed by atoms with Gasteiger partial charge >= 0.3 is 0 Å². The molecule has 74 valence electrons. The van der Waals surface area contributed by atoms with Crippen LogP contribution in [-0.4, -0.2) is 14.8 Å². The summed E-state index contributed by atoms with van der Waals surface area (Å²) < 4.78 is 0. The molecular formula is C10H25NSi. The van der Waals surface area contributed by atoms with E-state index in [0.29, 0.717) is 0 Å². The van der Waals surface area contributed by atoms with Crippen molar-refractivity contribution in [1.29, 1.82) is 0 Å². The Bertz CT molecular complexity index is 112. The van der Waals surface area contributed by atoms with E-state index >= 15 is 0 Å². The van der Waals surface area contributed by atoms with Crippen LogP contribution in [0.1, 0.15) is 33.6 Å². The van der Waals surface area contributed by atoms with Gasteiger partial charge in [0.2, 0.25) is 0 Å². The summed E-state index contributed by atoms with van der Waals surface area (Å²) in [5.41, 5.74) is 0. The molecule has 0 aliphatic carbocycles. The van der Waals surface area contributed by atoms with Crippen LogP contribution in [0.5, 0.6) is 0 Å². The molecule has 0 saturated carbocycles. The normalized spacial score (nSPS) is 14.8. The van der Waals surface area contributed by atoms with E-state index in [-0.39, 0.29) is 0 Å². The standard InChI is InChI=1S/C10H25NSi/c1-6-10(3)8-9-11-12(4,5)7-2/h10-11H,6-9H2,1-5H3. The van der Waals surface area contributed by atoms with Crippen LogP contribution in [-0.2, 0) is 0 Å². The average molecular weight is 187 g/mol. The average Bonchev–Trinajstić information content (AvgIpc) is 2.04. The van der Waals surface area contributed by atoms with E-state index in [0.717, 1.165) is 5.92 Å². The summed E-state index contributed by atoms with van der Waals surface area (Å²) in [6.07, 6.45) is 2.66. The molecule has 1 unspecified atom stereocenters. The van der Waals surface area contributed by atoms with Crippen LogP contribution in [0.15, 0.2) is 0 Å². The van der Waals surface area contributed by atoms with Crippen LogP contribution < -0.4 is 4.98 Å². The van der Waals surface area contributed by atoms with Gasteiger partial charge in [-0.2, -0.15) is 0 Å². The SMILES string of the molecule is CCC(C)CCN[Si](C)(C)CC. The van der Waals surface area contributed by atoms with Crippen molar-refractivity contribution in [2.45, 2.75) is 52.8 Å². The summed E-state index contributed by atoms with van der Waals surface area (Å²) in [5, 5.41) is 0. The molecular weight excluding hydrogens is 162 g/mol. The van der Waals surface area contributed by atoms with Gasteiger partial charge in [-0.3, -0.25) is 0 Å². The van der Waals surface area contributed by atoms with Gasteiger partial charge in [0, 0.05) is 0 Å². The van der Waals surface area contributed by atoms with E-state index in [4.69, 9.17) is 0 Å². The molecule has 1 atom stereocenters. The maximum absolute atomic E-state index is 3.71. The highest BCUT2D eigenvalue weighted by Crippen LogP contribution is 2.07. The topological polar surface area (TPSA) is 12.0 Å². The van der Waals surface area contributed by atoms with Crippen molar-refractivity contribution in [3.63, 3.8) is 0 Å². The summed E-state index contributed by atoms with van der Waals surface area (Å²) in [4.78, 5) is 3.71. The monoisotopic (exact) mass is 187 g/mol. The van der Waals surface area contributed by atoms with Gasteiger partial charge in [0.05, 0.1) is 0 Å². The van der Waals surface area contributed by atoms with Gasteiger partial charge in [0.15, 0.2) is 0 Å². The van der Waals surface area contributed by atoms with Crippen LogP contribution in [0.4, 0.5) is 0 Å². The molecule has 0 saturated heterocycles. The van der Waals surface area contributed by atoms with Gasteiger partial charge in [0.1, 0.15) is 8.24 Å². The van der Waals surface area contributed by atoms with Gasteiger partial charge in [-0.05, 0) is 24.9 Å². The first-order valence-corrected chi connectivity index (χ1v) is 8.47. The molecule has 0 amide bonds. The van der Waals surface area contributed by atoms with Crippen molar-refractivity contribution in [3.8, 4) is 0 Å². The molecule has 12 heavy (non-hydrogen) atoms. The lowest BCUT2D eigenvalue weighted by Gasteiger charge is -2.22. The van der Waals surface area contributed by atoms with E-state index in [2.05, 4.69) is 38.8 Å². The van der Waals surface area contributed by atoms with E-state index < -0.39 is 8.24 Å². The highest BCUT2D eigenvalue weighted by Gasteiger charge is 2.16. The van der Waals surface area contributed by atoms with E-state index in [9.17, 15) is 0 Å². The third kappa shape index (κ3) is 5.78. The fraction of sp³-hybridized carbons (Fsp3) is 1.00. The number of hydrogen-bond donors (Lipinski definition) is 1. The fourth-order valence-corrected chi connectivity index (χ4v) is 2.06. The molecule has 0 fully saturated rings. The number of nitrogens with one attached hydrogen (secondary N) is 1. The number of hydrogen-bond acceptors (Lipinski definition) is 1. The van der Waals surface area contributed by atoms with Gasteiger partial charge in [0.25, 0.3) is 0 Å². The second-order valence-electron chi connectivity index (χ2n) is 4.47. The smallest absolute Gasteiger partial charge is 0.119 e. The Balaban J connectivity index is 3.42. The van der Waals surface area contributed by atoms with Crippen molar-refractivity contribution in [3.05, 3.63) is 0 Å². The van der Waals surface area contributed by atoms with Crippen molar-refractivity contribution in [2.75, 3.05) is 6.54 Å². The lowest BCUT2D eigenvalue weighted by Crippen LogP contribution is -2.44. The zero-order chi connectivity index (χ0) is 9.61. The minimum atomic E-state index is -1.01. The Kier molecular flexibility index (Phi) is 5.84. The Labute approximate surface area is 79.0 Å². The molecule has 0 bridgehead atoms. The minimum Gasteiger partial charge on any atom is -0.337 e. The predicted molar refractivity (Wildman–Crippen MR) is 60.0 cm³/mol. The Hall–Kier alpha value is 0.177. The zero-order valence-corrected chi connectivity index (χ0v) is 10.4. The summed E-state index contributed by atoms with van der Waals surface area (Å²) >= 11 is 0. The van der Waals surface area contributed by atoms with Gasteiger partial charge in [-0.1, -0.05) is 40.3 Å². The van der Waals surface area contributed by atoms with Crippen LogP contribution in [0, 0.1) is 5.92 Å². The van der Waals surface area contributed by atoms with E-state index in [1.54, 1.807) is 0 Å². The minimum absolute atomic E-state index is 0.888. The lowest BCUT2D eigenvalue weighted by molar-refractivity contribution is 0.512. The van der Waals surface area contributed by atoms with Crippen molar-refractivity contribution >= 4 is 8.24 Å². The largest absolute Gasteiger partial charge is 0.337 e. The summed E-state index contributed by atoms with van der Waals surface area (Å²) in [6.45, 7) is 12.9. The predicted octanol–water partition coefficient (Wildman–Crippen LogP) is 3.24. The first-order valence-electron chi connectivity index (χ1n) is 5.27. The van der Waals surface area contributed by atoms with Crippen molar-refractivity contribution in [1.82, 2.24) is 4.98 Å². The van der Waals surface area contributed by atoms with Gasteiger partial charge < -0.3 is 4.98 Å². The molecule has 1 N–H and O–H groups in total. The maximum atomic E-state index is 3.71. The summed E-state index contributed by atoms with van der Waals surface area (Å²) in [7, 11) is -1.01. The molecule has 0 spiro atoms. The Morgan fingerprint density at radius 1 is 1.25 bits per heavy atom. The molecule has 0 aliphatic rings. The molecule has 0 aromatic rings. The molecule has 0 aliphatic heterocycles. The lowest BCUT2D eigenvalue weighted by atomic mass is 10.1. The van der Waals surface area contributed by atoms with Crippen LogP contribution in [0.2, 0.25) is 19.1 Å². The molecule has 1 nitrogen and oxygen atoms in total. The summed E-state index contributed by atoms with van der Waals surface area (Å²) in [5.74, 6) is 0.888. The molecule has 0 aromatic carbocycles. The highest BCUT2D eigenvalue weighted by atomic mass is 28.3.